The number of nitrogens with zero attached hydrogens (tertiary/aromatic N) is 3. The van der Waals surface area contributed by atoms with Crippen LogP contribution in [0, 0.1) is 30.9 Å². The van der Waals surface area contributed by atoms with Crippen LogP contribution in [0.25, 0.3) is 0 Å². The van der Waals surface area contributed by atoms with Gasteiger partial charge in [0.15, 0.2) is 6.61 Å². The molecule has 3 rings (SSSR count). The third-order valence-corrected chi connectivity index (χ3v) is 4.56. The average molecular weight is 371 g/mol. The lowest BCUT2D eigenvalue weighted by Gasteiger charge is -2.07. The molecular weight excluding hydrogens is 354 g/mol. The molecule has 0 atom stereocenters. The minimum absolute atomic E-state index is 0.0152. The molecule has 8 heteroatoms. The molecule has 0 aliphatic rings. The summed E-state index contributed by atoms with van der Waals surface area (Å²) in [7, 11) is 0. The second-order valence-corrected chi connectivity index (χ2v) is 6.84. The largest absolute Gasteiger partial charge is 0.484 e. The van der Waals surface area contributed by atoms with Crippen LogP contribution in [-0.2, 0) is 6.61 Å². The molecule has 3 aromatic rings. The molecule has 0 bridgehead atoms. The van der Waals surface area contributed by atoms with Gasteiger partial charge < -0.3 is 9.15 Å². The lowest BCUT2D eigenvalue weighted by Crippen LogP contribution is -1.97. The van der Waals surface area contributed by atoms with E-state index in [9.17, 15) is 10.1 Å². The summed E-state index contributed by atoms with van der Waals surface area (Å²) in [5.41, 5.74) is 2.94. The Kier molecular flexibility index (Phi) is 5.22. The van der Waals surface area contributed by atoms with Crippen LogP contribution in [0.2, 0.25) is 0 Å². The van der Waals surface area contributed by atoms with Crippen molar-refractivity contribution in [3.8, 4) is 5.75 Å². The Bertz CT molecular complexity index is 955. The number of nitro groups is 1. The molecule has 26 heavy (non-hydrogen) atoms. The highest BCUT2D eigenvalue weighted by atomic mass is 32.2. The van der Waals surface area contributed by atoms with Crippen molar-refractivity contribution in [2.24, 2.45) is 0 Å². The van der Waals surface area contributed by atoms with Crippen molar-refractivity contribution in [1.82, 2.24) is 10.2 Å². The Morgan fingerprint density at radius 1 is 1.12 bits per heavy atom. The van der Waals surface area contributed by atoms with Gasteiger partial charge in [-0.15, -0.1) is 10.2 Å². The lowest BCUT2D eigenvalue weighted by atomic mass is 10.1. The molecule has 0 radical (unpaired) electrons. The average Bonchev–Trinajstić information content (AvgIpc) is 3.04. The fourth-order valence-corrected chi connectivity index (χ4v) is 3.07. The summed E-state index contributed by atoms with van der Waals surface area (Å²) in [6, 6.07) is 10.9. The van der Waals surface area contributed by atoms with Gasteiger partial charge in [0.05, 0.1) is 9.82 Å². The Morgan fingerprint density at radius 3 is 2.62 bits per heavy atom. The summed E-state index contributed by atoms with van der Waals surface area (Å²) < 4.78 is 11.3. The monoisotopic (exact) mass is 371 g/mol. The van der Waals surface area contributed by atoms with Crippen molar-refractivity contribution < 1.29 is 14.1 Å². The van der Waals surface area contributed by atoms with E-state index >= 15 is 0 Å². The zero-order valence-corrected chi connectivity index (χ0v) is 15.4. The van der Waals surface area contributed by atoms with Crippen molar-refractivity contribution in [2.45, 2.75) is 37.5 Å². The van der Waals surface area contributed by atoms with E-state index in [1.807, 2.05) is 32.0 Å². The summed E-state index contributed by atoms with van der Waals surface area (Å²) in [4.78, 5) is 11.2. The van der Waals surface area contributed by atoms with Gasteiger partial charge in [0.2, 0.25) is 0 Å². The number of rotatable bonds is 6. The van der Waals surface area contributed by atoms with E-state index in [2.05, 4.69) is 10.2 Å². The highest BCUT2D eigenvalue weighted by Crippen LogP contribution is 2.34. The maximum absolute atomic E-state index is 11.2. The summed E-state index contributed by atoms with van der Waals surface area (Å²) in [5, 5.41) is 19.3. The number of hydrogen-bond acceptors (Lipinski definition) is 7. The van der Waals surface area contributed by atoms with Gasteiger partial charge in [-0.1, -0.05) is 18.2 Å². The molecule has 0 aliphatic heterocycles. The first-order valence-corrected chi connectivity index (χ1v) is 8.69. The Labute approximate surface area is 154 Å². The normalized spacial score (nSPS) is 10.7. The first kappa shape index (κ1) is 17.9. The lowest BCUT2D eigenvalue weighted by molar-refractivity contribution is -0.387. The Hall–Kier alpha value is -2.87. The van der Waals surface area contributed by atoms with Crippen LogP contribution in [0.4, 0.5) is 5.69 Å². The van der Waals surface area contributed by atoms with Gasteiger partial charge in [-0.2, -0.15) is 0 Å². The molecule has 134 valence electrons. The fourth-order valence-electron chi connectivity index (χ4n) is 2.29. The van der Waals surface area contributed by atoms with E-state index in [1.165, 1.54) is 6.07 Å². The van der Waals surface area contributed by atoms with Gasteiger partial charge in [0, 0.05) is 6.07 Å². The molecule has 0 fully saturated rings. The summed E-state index contributed by atoms with van der Waals surface area (Å²) in [5.74, 6) is 1.06. The first-order chi connectivity index (χ1) is 12.4. The second kappa shape index (κ2) is 7.57. The van der Waals surface area contributed by atoms with Crippen molar-refractivity contribution in [3.63, 3.8) is 0 Å². The predicted molar refractivity (Wildman–Crippen MR) is 96.5 cm³/mol. The highest BCUT2D eigenvalue weighted by molar-refractivity contribution is 7.99. The quantitative estimate of drug-likeness (QED) is 0.460. The molecule has 0 aliphatic carbocycles. The Balaban J connectivity index is 1.71. The van der Waals surface area contributed by atoms with Crippen LogP contribution in [0.15, 0.2) is 50.9 Å². The van der Waals surface area contributed by atoms with Crippen molar-refractivity contribution in [2.75, 3.05) is 0 Å². The van der Waals surface area contributed by atoms with Gasteiger partial charge in [-0.05, 0) is 61.4 Å². The van der Waals surface area contributed by atoms with E-state index in [4.69, 9.17) is 9.15 Å². The number of benzene rings is 2. The molecule has 0 N–H and O–H groups in total. The predicted octanol–water partition coefficient (Wildman–Crippen LogP) is 4.63. The molecule has 0 amide bonds. The van der Waals surface area contributed by atoms with Crippen LogP contribution in [-0.4, -0.2) is 15.1 Å². The van der Waals surface area contributed by atoms with Crippen LogP contribution in [0.5, 0.6) is 5.75 Å². The number of aryl methyl sites for hydroxylation is 3. The standard InChI is InChI=1S/C18H17N3O4S/c1-11-5-7-16(14(8-11)21(22)23)26-18-20-19-17(25-18)10-24-15-9-12(2)4-6-13(15)3/h4-9H,10H2,1-3H3. The van der Waals surface area contributed by atoms with Gasteiger partial charge in [-0.25, -0.2) is 0 Å². The molecule has 2 aromatic carbocycles. The molecule has 1 heterocycles. The summed E-state index contributed by atoms with van der Waals surface area (Å²) in [6.45, 7) is 5.88. The van der Waals surface area contributed by atoms with Crippen molar-refractivity contribution in [3.05, 3.63) is 69.1 Å². The molecule has 0 spiro atoms. The minimum atomic E-state index is -0.420. The van der Waals surface area contributed by atoms with Gasteiger partial charge >= 0.3 is 0 Å². The topological polar surface area (TPSA) is 91.3 Å². The summed E-state index contributed by atoms with van der Waals surface area (Å²) in [6.07, 6.45) is 0. The van der Waals surface area contributed by atoms with Gasteiger partial charge in [0.1, 0.15) is 5.75 Å². The van der Waals surface area contributed by atoms with Gasteiger partial charge in [0.25, 0.3) is 16.8 Å². The number of nitro benzene ring substituents is 1. The molecule has 1 aromatic heterocycles. The fraction of sp³-hybridized carbons (Fsp3) is 0.222. The van der Waals surface area contributed by atoms with Gasteiger partial charge in [-0.3, -0.25) is 10.1 Å². The molecule has 0 unspecified atom stereocenters. The second-order valence-electron chi connectivity index (χ2n) is 5.85. The van der Waals surface area contributed by atoms with E-state index < -0.39 is 4.92 Å². The molecular formula is C18H17N3O4S. The molecule has 7 nitrogen and oxygen atoms in total. The summed E-state index contributed by atoms with van der Waals surface area (Å²) >= 11 is 1.06. The minimum Gasteiger partial charge on any atom is -0.484 e. The zero-order valence-electron chi connectivity index (χ0n) is 14.6. The van der Waals surface area contributed by atoms with E-state index in [1.54, 1.807) is 19.1 Å². The first-order valence-electron chi connectivity index (χ1n) is 7.87. The maximum atomic E-state index is 11.2. The smallest absolute Gasteiger partial charge is 0.283 e. The van der Waals surface area contributed by atoms with Crippen LogP contribution in [0.3, 0.4) is 0 Å². The number of hydrogen-bond donors (Lipinski definition) is 0. The number of aromatic nitrogens is 2. The van der Waals surface area contributed by atoms with Crippen molar-refractivity contribution in [1.29, 1.82) is 0 Å². The zero-order chi connectivity index (χ0) is 18.7. The molecule has 0 saturated heterocycles. The van der Waals surface area contributed by atoms with Crippen LogP contribution >= 0.6 is 11.8 Å². The van der Waals surface area contributed by atoms with E-state index in [0.29, 0.717) is 10.8 Å². The number of ether oxygens (including phenoxy) is 1. The third kappa shape index (κ3) is 4.20. The van der Waals surface area contributed by atoms with E-state index in [0.717, 1.165) is 34.2 Å². The maximum Gasteiger partial charge on any atom is 0.283 e. The molecule has 0 saturated carbocycles. The van der Waals surface area contributed by atoms with Crippen molar-refractivity contribution >= 4 is 17.4 Å². The van der Waals surface area contributed by atoms with Crippen LogP contribution < -0.4 is 4.74 Å². The highest BCUT2D eigenvalue weighted by Gasteiger charge is 2.18. The van der Waals surface area contributed by atoms with E-state index in [-0.39, 0.29) is 17.5 Å². The van der Waals surface area contributed by atoms with Crippen LogP contribution in [0.1, 0.15) is 22.6 Å². The third-order valence-electron chi connectivity index (χ3n) is 3.65. The SMILES string of the molecule is Cc1ccc(C)c(OCc2nnc(Sc3ccc(C)cc3[N+](=O)[O-])o2)c1. The Morgan fingerprint density at radius 2 is 1.85 bits per heavy atom.